The standard InChI is InChI=1S/C10H20N2O2/c11-7-10(14)5-9-2-1-8(10)6-12(9)3-4-13/h8-9,13-14H,1-7,11H2. The van der Waals surface area contributed by atoms with Crippen LogP contribution in [0.25, 0.3) is 0 Å². The first kappa shape index (κ1) is 10.4. The molecule has 3 fully saturated rings. The largest absolute Gasteiger partial charge is 0.395 e. The summed E-state index contributed by atoms with van der Waals surface area (Å²) in [7, 11) is 0. The van der Waals surface area contributed by atoms with Gasteiger partial charge in [-0.1, -0.05) is 0 Å². The maximum absolute atomic E-state index is 10.2. The molecule has 4 heteroatoms. The van der Waals surface area contributed by atoms with Gasteiger partial charge in [-0.25, -0.2) is 0 Å². The summed E-state index contributed by atoms with van der Waals surface area (Å²) in [6, 6.07) is 0.431. The van der Waals surface area contributed by atoms with Crippen LogP contribution >= 0.6 is 0 Å². The summed E-state index contributed by atoms with van der Waals surface area (Å²) < 4.78 is 0. The van der Waals surface area contributed by atoms with Gasteiger partial charge in [0.25, 0.3) is 0 Å². The van der Waals surface area contributed by atoms with Gasteiger partial charge in [0.15, 0.2) is 0 Å². The molecule has 2 bridgehead atoms. The van der Waals surface area contributed by atoms with E-state index in [4.69, 9.17) is 10.8 Å². The van der Waals surface area contributed by atoms with Crippen molar-refractivity contribution in [3.8, 4) is 0 Å². The summed E-state index contributed by atoms with van der Waals surface area (Å²) in [6.07, 6.45) is 3.02. The summed E-state index contributed by atoms with van der Waals surface area (Å²) in [6.45, 7) is 2.23. The quantitative estimate of drug-likeness (QED) is 0.555. The Bertz CT molecular complexity index is 212. The molecule has 2 heterocycles. The zero-order valence-electron chi connectivity index (χ0n) is 8.52. The van der Waals surface area contributed by atoms with E-state index in [0.29, 0.717) is 18.5 Å². The summed E-state index contributed by atoms with van der Waals surface area (Å²) in [5, 5.41) is 19.1. The van der Waals surface area contributed by atoms with Crippen LogP contribution in [0.3, 0.4) is 0 Å². The Morgan fingerprint density at radius 3 is 2.71 bits per heavy atom. The van der Waals surface area contributed by atoms with Gasteiger partial charge in [-0.3, -0.25) is 4.90 Å². The minimum atomic E-state index is -0.630. The molecule has 1 aliphatic carbocycles. The summed E-state index contributed by atoms with van der Waals surface area (Å²) in [4.78, 5) is 2.29. The maximum atomic E-state index is 10.2. The van der Waals surface area contributed by atoms with E-state index in [1.807, 2.05) is 0 Å². The molecule has 82 valence electrons. The van der Waals surface area contributed by atoms with E-state index in [2.05, 4.69) is 4.90 Å². The molecule has 0 amide bonds. The molecule has 0 spiro atoms. The molecule has 0 radical (unpaired) electrons. The normalized spacial score (nSPS) is 43.1. The topological polar surface area (TPSA) is 69.7 Å². The van der Waals surface area contributed by atoms with Crippen molar-refractivity contribution in [2.45, 2.75) is 30.9 Å². The number of hydrogen-bond donors (Lipinski definition) is 3. The predicted molar refractivity (Wildman–Crippen MR) is 53.8 cm³/mol. The molecule has 0 aromatic carbocycles. The smallest absolute Gasteiger partial charge is 0.0824 e. The fourth-order valence-corrected chi connectivity index (χ4v) is 3.00. The molecule has 4 N–H and O–H groups in total. The molecule has 3 atom stereocenters. The van der Waals surface area contributed by atoms with Crippen molar-refractivity contribution in [1.82, 2.24) is 4.90 Å². The third kappa shape index (κ3) is 1.56. The van der Waals surface area contributed by atoms with Crippen LogP contribution in [0.2, 0.25) is 0 Å². The van der Waals surface area contributed by atoms with Crippen LogP contribution in [0.5, 0.6) is 0 Å². The van der Waals surface area contributed by atoms with Gasteiger partial charge in [-0.05, 0) is 19.3 Å². The highest BCUT2D eigenvalue weighted by Gasteiger charge is 2.48. The lowest BCUT2D eigenvalue weighted by molar-refractivity contribution is -0.123. The number of aliphatic hydroxyl groups excluding tert-OH is 1. The first-order valence-corrected chi connectivity index (χ1v) is 5.47. The molecule has 2 aliphatic heterocycles. The zero-order valence-corrected chi connectivity index (χ0v) is 8.52. The van der Waals surface area contributed by atoms with Gasteiger partial charge in [0, 0.05) is 31.6 Å². The van der Waals surface area contributed by atoms with Crippen molar-refractivity contribution >= 4 is 0 Å². The van der Waals surface area contributed by atoms with E-state index in [1.54, 1.807) is 0 Å². The van der Waals surface area contributed by atoms with Gasteiger partial charge in [0.05, 0.1) is 12.2 Å². The lowest BCUT2D eigenvalue weighted by atomic mass is 9.69. The van der Waals surface area contributed by atoms with Crippen LogP contribution in [0, 0.1) is 5.92 Å². The molecule has 3 unspecified atom stereocenters. The second-order valence-electron chi connectivity index (χ2n) is 4.66. The van der Waals surface area contributed by atoms with Gasteiger partial charge >= 0.3 is 0 Å². The Hall–Kier alpha value is -0.160. The van der Waals surface area contributed by atoms with Crippen molar-refractivity contribution in [2.75, 3.05) is 26.2 Å². The first-order chi connectivity index (χ1) is 6.69. The van der Waals surface area contributed by atoms with E-state index in [9.17, 15) is 5.11 Å². The Morgan fingerprint density at radius 2 is 2.21 bits per heavy atom. The number of fused-ring (bicyclic) bond motifs is 3. The highest BCUT2D eigenvalue weighted by Crippen LogP contribution is 2.41. The molecule has 3 rings (SSSR count). The Labute approximate surface area is 84.7 Å². The van der Waals surface area contributed by atoms with E-state index >= 15 is 0 Å². The molecule has 1 saturated carbocycles. The SMILES string of the molecule is NCC1(O)CC2CCC1CN2CCO. The summed E-state index contributed by atoms with van der Waals surface area (Å²) in [5.41, 5.74) is 5.00. The average molecular weight is 200 g/mol. The fraction of sp³-hybridized carbons (Fsp3) is 1.00. The highest BCUT2D eigenvalue weighted by atomic mass is 16.3. The van der Waals surface area contributed by atoms with Gasteiger partial charge in [0.1, 0.15) is 0 Å². The van der Waals surface area contributed by atoms with Crippen molar-refractivity contribution in [2.24, 2.45) is 11.7 Å². The minimum absolute atomic E-state index is 0.213. The minimum Gasteiger partial charge on any atom is -0.395 e. The second-order valence-corrected chi connectivity index (χ2v) is 4.66. The molecule has 4 nitrogen and oxygen atoms in total. The van der Waals surface area contributed by atoms with Crippen LogP contribution < -0.4 is 5.73 Å². The van der Waals surface area contributed by atoms with Gasteiger partial charge < -0.3 is 15.9 Å². The summed E-state index contributed by atoms with van der Waals surface area (Å²) in [5.74, 6) is 0.309. The number of nitrogens with zero attached hydrogens (tertiary/aromatic N) is 1. The molecular formula is C10H20N2O2. The lowest BCUT2D eigenvalue weighted by Crippen LogP contribution is -2.63. The number of hydrogen-bond acceptors (Lipinski definition) is 4. The molecule has 0 aromatic heterocycles. The van der Waals surface area contributed by atoms with Crippen molar-refractivity contribution in [3.05, 3.63) is 0 Å². The van der Waals surface area contributed by atoms with Crippen LogP contribution in [0.4, 0.5) is 0 Å². The van der Waals surface area contributed by atoms with Gasteiger partial charge in [-0.2, -0.15) is 0 Å². The third-order valence-electron chi connectivity index (χ3n) is 3.91. The molecule has 0 aromatic rings. The van der Waals surface area contributed by atoms with E-state index in [-0.39, 0.29) is 6.61 Å². The molecule has 2 saturated heterocycles. The Morgan fingerprint density at radius 1 is 1.43 bits per heavy atom. The van der Waals surface area contributed by atoms with Gasteiger partial charge in [0.2, 0.25) is 0 Å². The lowest BCUT2D eigenvalue weighted by Gasteiger charge is -2.53. The monoisotopic (exact) mass is 200 g/mol. The van der Waals surface area contributed by atoms with Crippen LogP contribution in [0.1, 0.15) is 19.3 Å². The fourth-order valence-electron chi connectivity index (χ4n) is 3.00. The maximum Gasteiger partial charge on any atom is 0.0824 e. The Kier molecular flexibility index (Phi) is 2.79. The Balaban J connectivity index is 2.04. The van der Waals surface area contributed by atoms with E-state index in [0.717, 1.165) is 32.4 Å². The average Bonchev–Trinajstić information content (AvgIpc) is 2.20. The number of aliphatic hydroxyl groups is 2. The summed E-state index contributed by atoms with van der Waals surface area (Å²) >= 11 is 0. The van der Waals surface area contributed by atoms with Crippen LogP contribution in [0.15, 0.2) is 0 Å². The third-order valence-corrected chi connectivity index (χ3v) is 3.91. The zero-order chi connectivity index (χ0) is 10.2. The van der Waals surface area contributed by atoms with Gasteiger partial charge in [-0.15, -0.1) is 0 Å². The van der Waals surface area contributed by atoms with Crippen molar-refractivity contribution in [1.29, 1.82) is 0 Å². The molecular weight excluding hydrogens is 180 g/mol. The predicted octanol–water partition coefficient (Wildman–Crippen LogP) is -0.847. The van der Waals surface area contributed by atoms with Crippen molar-refractivity contribution in [3.63, 3.8) is 0 Å². The number of piperidine rings is 2. The van der Waals surface area contributed by atoms with Crippen LogP contribution in [-0.2, 0) is 0 Å². The second kappa shape index (κ2) is 3.77. The number of rotatable bonds is 3. The first-order valence-electron chi connectivity index (χ1n) is 5.47. The van der Waals surface area contributed by atoms with Crippen molar-refractivity contribution < 1.29 is 10.2 Å². The molecule has 3 aliphatic rings. The van der Waals surface area contributed by atoms with Crippen LogP contribution in [-0.4, -0.2) is 53.0 Å². The van der Waals surface area contributed by atoms with E-state index in [1.165, 1.54) is 0 Å². The highest BCUT2D eigenvalue weighted by molar-refractivity contribution is 5.02. The molecule has 14 heavy (non-hydrogen) atoms. The van der Waals surface area contributed by atoms with E-state index < -0.39 is 5.60 Å². The number of nitrogens with two attached hydrogens (primary N) is 1.